The van der Waals surface area contributed by atoms with Crippen LogP contribution in [0.15, 0.2) is 77.7 Å². The molecule has 3 amide bonds. The van der Waals surface area contributed by atoms with Crippen molar-refractivity contribution in [2.45, 2.75) is 125 Å². The number of amides is 3. The highest BCUT2D eigenvalue weighted by Gasteiger charge is 2.35. The fourth-order valence-corrected chi connectivity index (χ4v) is 9.69. The summed E-state index contributed by atoms with van der Waals surface area (Å²) >= 11 is 0. The highest BCUT2D eigenvalue weighted by molar-refractivity contribution is 7.85. The molecule has 2 saturated heterocycles. The molecule has 0 radical (unpaired) electrons. The third-order valence-electron chi connectivity index (χ3n) is 13.4. The average molecular weight is 1180 g/mol. The number of carboxylic acid groups (broad SMARTS) is 1. The maximum absolute atomic E-state index is 13.2. The van der Waals surface area contributed by atoms with Gasteiger partial charge in [0.25, 0.3) is 10.1 Å². The number of aliphatic carboxylic acids is 1. The monoisotopic (exact) mass is 1180 g/mol. The van der Waals surface area contributed by atoms with Gasteiger partial charge in [-0.2, -0.15) is 8.42 Å². The number of esters is 2. The molecule has 0 unspecified atom stereocenters. The Labute approximate surface area is 487 Å². The van der Waals surface area contributed by atoms with Crippen molar-refractivity contribution in [3.05, 3.63) is 89.7 Å². The number of carbonyl (C=O) groups excluding carboxylic acids is 7. The topological polar surface area (TPSA) is 342 Å². The normalized spacial score (nSPS) is 15.7. The highest BCUT2D eigenvalue weighted by Crippen LogP contribution is 2.30. The maximum Gasteiger partial charge on any atom is 0.328 e. The minimum absolute atomic E-state index is 0. The maximum atomic E-state index is 13.2. The number of nitrogens with one attached hydrogen (secondary N) is 5. The van der Waals surface area contributed by atoms with Crippen molar-refractivity contribution < 1.29 is 75.4 Å². The Bertz CT molecular complexity index is 3060. The van der Waals surface area contributed by atoms with E-state index in [1.807, 2.05) is 71.0 Å². The van der Waals surface area contributed by atoms with E-state index in [-0.39, 0.29) is 93.5 Å². The Hall–Kier alpha value is -7.63. The van der Waals surface area contributed by atoms with Crippen molar-refractivity contribution in [1.29, 1.82) is 0 Å². The van der Waals surface area contributed by atoms with Crippen LogP contribution in [0.25, 0.3) is 21.8 Å². The van der Waals surface area contributed by atoms with E-state index in [4.69, 9.17) is 24.5 Å². The second kappa shape index (κ2) is 34.7. The van der Waals surface area contributed by atoms with Gasteiger partial charge in [0.05, 0.1) is 50.6 Å². The third-order valence-corrected chi connectivity index (χ3v) is 14.3. The van der Waals surface area contributed by atoms with Crippen LogP contribution in [0.5, 0.6) is 11.5 Å². The number of aromatic amines is 2. The molecule has 22 nitrogen and oxygen atoms in total. The number of hydrogen-bond donors (Lipinski definition) is 8. The predicted octanol–water partition coefficient (Wildman–Crippen LogP) is 8.25. The first kappa shape index (κ1) is 73.4. The SMILES string of the molecule is C.C.C.COC(=O)[C@@H](N)C[C@@H]1CCNC1=O.COC(=O)[C@H](C[C@@H]1CCNC1=O)NC(=O)[C@@H](CC(=O)c1cc2c(OC)cccc2[nH]1)CC(C)C.COc1cccc2[nH]c(C(=O)C[C@@H](CC(C)C)C(=O)O)cc12.Cc1ccc(S(=O)(=O)O)cc1. The molecule has 2 aromatic heterocycles. The van der Waals surface area contributed by atoms with E-state index in [0.29, 0.717) is 61.7 Å². The lowest BCUT2D eigenvalue weighted by Gasteiger charge is -2.23. The van der Waals surface area contributed by atoms with Crippen LogP contribution in [0.4, 0.5) is 0 Å². The zero-order valence-electron chi connectivity index (χ0n) is 46.7. The van der Waals surface area contributed by atoms with Gasteiger partial charge in [0.2, 0.25) is 17.7 Å². The van der Waals surface area contributed by atoms with E-state index in [1.54, 1.807) is 38.5 Å². The van der Waals surface area contributed by atoms with Crippen molar-refractivity contribution in [3.8, 4) is 11.5 Å². The van der Waals surface area contributed by atoms with Gasteiger partial charge in [0, 0.05) is 65.5 Å². The molecule has 23 heteroatoms. The molecule has 4 heterocycles. The Morgan fingerprint density at radius 1 is 0.663 bits per heavy atom. The first-order valence-corrected chi connectivity index (χ1v) is 27.7. The quantitative estimate of drug-likeness (QED) is 0.0184. The van der Waals surface area contributed by atoms with Gasteiger partial charge in [-0.15, -0.1) is 0 Å². The van der Waals surface area contributed by atoms with E-state index >= 15 is 0 Å². The molecule has 0 aliphatic carbocycles. The fraction of sp³-hybridized carbons (Fsp3) is 0.500. The number of aromatic nitrogens is 2. The van der Waals surface area contributed by atoms with E-state index in [0.717, 1.165) is 33.8 Å². The summed E-state index contributed by atoms with van der Waals surface area (Å²) in [5.41, 5.74) is 8.87. The number of aryl methyl sites for hydroxylation is 1. The van der Waals surface area contributed by atoms with Crippen LogP contribution < -0.4 is 31.2 Å². The molecule has 460 valence electrons. The van der Waals surface area contributed by atoms with E-state index < -0.39 is 57.9 Å². The molecule has 2 fully saturated rings. The lowest BCUT2D eigenvalue weighted by Crippen LogP contribution is -2.46. The van der Waals surface area contributed by atoms with Gasteiger partial charge in [-0.1, -0.05) is 79.8 Å². The lowest BCUT2D eigenvalue weighted by atomic mass is 9.90. The van der Waals surface area contributed by atoms with Gasteiger partial charge in [0.15, 0.2) is 11.6 Å². The van der Waals surface area contributed by atoms with Crippen LogP contribution in [-0.4, -0.2) is 129 Å². The number of benzene rings is 3. The number of carbonyl (C=O) groups is 8. The van der Waals surface area contributed by atoms with Crippen LogP contribution >= 0.6 is 0 Å². The number of H-pyrrole nitrogens is 2. The first-order chi connectivity index (χ1) is 37.8. The first-order valence-electron chi connectivity index (χ1n) is 26.2. The van der Waals surface area contributed by atoms with Crippen molar-refractivity contribution in [2.24, 2.45) is 41.2 Å². The fourth-order valence-electron chi connectivity index (χ4n) is 9.21. The number of fused-ring (bicyclic) bond motifs is 2. The summed E-state index contributed by atoms with van der Waals surface area (Å²) in [6, 6.07) is 18.8. The number of ketones is 2. The molecule has 0 saturated carbocycles. The molecular weight excluding hydrogens is 1090 g/mol. The van der Waals surface area contributed by atoms with Crippen LogP contribution in [0.3, 0.4) is 0 Å². The van der Waals surface area contributed by atoms with Gasteiger partial charge in [0.1, 0.15) is 23.6 Å². The number of rotatable bonds is 22. The highest BCUT2D eigenvalue weighted by atomic mass is 32.2. The summed E-state index contributed by atoms with van der Waals surface area (Å²) in [6.45, 7) is 10.9. The lowest BCUT2D eigenvalue weighted by molar-refractivity contribution is -0.146. The second-order valence-corrected chi connectivity index (χ2v) is 21.9. The second-order valence-electron chi connectivity index (χ2n) is 20.5. The van der Waals surface area contributed by atoms with Crippen molar-refractivity contribution >= 4 is 79.1 Å². The van der Waals surface area contributed by atoms with Crippen LogP contribution in [0.2, 0.25) is 0 Å². The zero-order chi connectivity index (χ0) is 59.4. The summed E-state index contributed by atoms with van der Waals surface area (Å²) in [5.74, 6) is -2.98. The summed E-state index contributed by atoms with van der Waals surface area (Å²) < 4.78 is 49.5. The average Bonchev–Trinajstić information content (AvgIpc) is 4.25. The number of Topliss-reactive ketones (excluding diaryl/α,β-unsaturated/α-hetero) is 2. The summed E-state index contributed by atoms with van der Waals surface area (Å²) in [5, 5.41) is 19.0. The van der Waals surface area contributed by atoms with Gasteiger partial charge < -0.3 is 55.7 Å². The van der Waals surface area contributed by atoms with E-state index in [2.05, 4.69) is 30.7 Å². The minimum atomic E-state index is -4.02. The van der Waals surface area contributed by atoms with Crippen LogP contribution in [0.1, 0.15) is 128 Å². The molecule has 2 aliphatic rings. The predicted molar refractivity (Wildman–Crippen MR) is 318 cm³/mol. The third kappa shape index (κ3) is 22.2. The largest absolute Gasteiger partial charge is 0.496 e. The molecule has 0 bridgehead atoms. The number of hydrogen-bond acceptors (Lipinski definition) is 15. The van der Waals surface area contributed by atoms with E-state index in [1.165, 1.54) is 26.4 Å². The Balaban J connectivity index is 0.000000602. The van der Waals surface area contributed by atoms with Gasteiger partial charge in [-0.3, -0.25) is 38.1 Å². The number of methoxy groups -OCH3 is 4. The Morgan fingerprint density at radius 3 is 1.48 bits per heavy atom. The van der Waals surface area contributed by atoms with Crippen molar-refractivity contribution in [2.75, 3.05) is 41.5 Å². The molecule has 2 aliphatic heterocycles. The number of carboxylic acids is 1. The van der Waals surface area contributed by atoms with Crippen LogP contribution in [-0.2, 0) is 48.4 Å². The number of nitrogens with two attached hydrogens (primary N) is 1. The zero-order valence-corrected chi connectivity index (χ0v) is 47.5. The summed E-state index contributed by atoms with van der Waals surface area (Å²) in [4.78, 5) is 102. The van der Waals surface area contributed by atoms with Crippen molar-refractivity contribution in [1.82, 2.24) is 25.9 Å². The van der Waals surface area contributed by atoms with Crippen LogP contribution in [0, 0.1) is 42.4 Å². The standard InChI is InChI=1S/C25H33N3O6.C17H21NO4.C8H14N2O3.C7H8O3S.3CH4/c1-14(2)10-16(12-21(29)19-13-17-18(27-19)6-5-7-22(17)33-3)24(31)28-20(25(32)34-4)11-15-8-9-26-23(15)30;1-10(2)7-11(17(20)21)8-15(19)14-9-12-13(18-14)5-4-6-16(12)22-3;1-13-8(12)6(9)4-5-2-3-10-7(5)11;1-6-2-4-7(5-3-6)11(8,9)10;;;/h5-7,13-16,20,27H,8-12H2,1-4H3,(H,26,30)(H,28,31);4-6,9-11,18H,7-8H2,1-3H3,(H,20,21);5-6H,2-4,9H2,1H3,(H,10,11);2-5H,1H3,(H,8,9,10);3*1H4/t15-,16+,20-;11-;5-,6-;;;;/m010..../s1. The molecule has 6 atom stereocenters. The van der Waals surface area contributed by atoms with Crippen molar-refractivity contribution in [3.63, 3.8) is 0 Å². The summed E-state index contributed by atoms with van der Waals surface area (Å²) in [6.07, 6.45) is 2.83. The molecule has 83 heavy (non-hydrogen) atoms. The van der Waals surface area contributed by atoms with E-state index in [9.17, 15) is 51.9 Å². The molecule has 9 N–H and O–H groups in total. The van der Waals surface area contributed by atoms with Gasteiger partial charge in [-0.25, -0.2) is 4.79 Å². The Morgan fingerprint density at radius 2 is 1.10 bits per heavy atom. The Kier molecular flexibility index (Phi) is 30.7. The smallest absolute Gasteiger partial charge is 0.328 e. The molecule has 3 aromatic carbocycles. The number of ether oxygens (including phenoxy) is 4. The van der Waals surface area contributed by atoms with Gasteiger partial charge >= 0.3 is 17.9 Å². The molecule has 7 rings (SSSR count). The molecule has 0 spiro atoms. The molecular formula is C60H88N6O16S. The van der Waals surface area contributed by atoms with Gasteiger partial charge in [-0.05, 0) is 106 Å². The molecule has 5 aromatic rings. The minimum Gasteiger partial charge on any atom is -0.496 e. The summed E-state index contributed by atoms with van der Waals surface area (Å²) in [7, 11) is 1.66.